The molecule has 4 heterocycles. The van der Waals surface area contributed by atoms with Gasteiger partial charge < -0.3 is 4.98 Å². The lowest BCUT2D eigenvalue weighted by atomic mass is 9.92. The third kappa shape index (κ3) is 7.31. The number of pyridine rings is 2. The fraction of sp³-hybridized carbons (Fsp3) is 0.176. The number of hydrogen-bond donors (Lipinski definition) is 2. The molecule has 7 nitrogen and oxygen atoms in total. The van der Waals surface area contributed by atoms with Crippen LogP contribution in [0.4, 0.5) is 4.39 Å². The maximum atomic E-state index is 13.6. The van der Waals surface area contributed by atoms with E-state index in [2.05, 4.69) is 36.8 Å². The quantitative estimate of drug-likeness (QED) is 0.184. The maximum Gasteiger partial charge on any atom is 0.240 e. The number of H-pyrrole nitrogens is 1. The summed E-state index contributed by atoms with van der Waals surface area (Å²) in [6, 6.07) is 21.3. The first kappa shape index (κ1) is 31.3. The Hall–Kier alpha value is -4.15. The predicted molar refractivity (Wildman–Crippen MR) is 174 cm³/mol. The second-order valence-electron chi connectivity index (χ2n) is 10.6. The summed E-state index contributed by atoms with van der Waals surface area (Å²) in [7, 11) is -3.60. The van der Waals surface area contributed by atoms with E-state index in [4.69, 9.17) is 0 Å². The highest BCUT2D eigenvalue weighted by Gasteiger charge is 2.21. The van der Waals surface area contributed by atoms with Crippen LogP contribution in [-0.4, -0.2) is 47.9 Å². The third-order valence-electron chi connectivity index (χ3n) is 7.76. The molecule has 0 saturated carbocycles. The summed E-state index contributed by atoms with van der Waals surface area (Å²) in [5.41, 5.74) is 8.38. The van der Waals surface area contributed by atoms with E-state index in [1.54, 1.807) is 55.1 Å². The Bertz CT molecular complexity index is 1810. The number of benzene rings is 2. The summed E-state index contributed by atoms with van der Waals surface area (Å²) < 4.78 is 41.7. The molecule has 0 unspecified atom stereocenters. The van der Waals surface area contributed by atoms with E-state index in [1.165, 1.54) is 17.7 Å². The van der Waals surface area contributed by atoms with Gasteiger partial charge in [-0.2, -0.15) is 0 Å². The van der Waals surface area contributed by atoms with Crippen LogP contribution in [0.1, 0.15) is 23.1 Å². The number of aromatic amines is 1. The van der Waals surface area contributed by atoms with Gasteiger partial charge in [0.2, 0.25) is 10.0 Å². The largest absolute Gasteiger partial charge is 0.360 e. The van der Waals surface area contributed by atoms with Crippen molar-refractivity contribution >= 4 is 28.0 Å². The zero-order valence-electron chi connectivity index (χ0n) is 24.0. The molecule has 44 heavy (non-hydrogen) atoms. The van der Waals surface area contributed by atoms with Crippen molar-refractivity contribution in [2.75, 3.05) is 19.6 Å². The van der Waals surface area contributed by atoms with Gasteiger partial charge in [-0.3, -0.25) is 14.9 Å². The van der Waals surface area contributed by atoms with Crippen LogP contribution in [0.5, 0.6) is 0 Å². The summed E-state index contributed by atoms with van der Waals surface area (Å²) >= 11 is 0. The SMILES string of the molecule is Cl.O=S(=O)(NCc1cccnc1)c1ccc(CCN2CC=C(c3c[nH]c(-c4ccc(F)cc4)c3-c3ccncc3)CC2)cc1. The van der Waals surface area contributed by atoms with Crippen molar-refractivity contribution in [3.05, 3.63) is 132 Å². The van der Waals surface area contributed by atoms with E-state index < -0.39 is 10.0 Å². The van der Waals surface area contributed by atoms with Gasteiger partial charge in [0, 0.05) is 68.3 Å². The molecule has 2 N–H and O–H groups in total. The molecule has 0 radical (unpaired) electrons. The predicted octanol–water partition coefficient (Wildman–Crippen LogP) is 6.51. The lowest BCUT2D eigenvalue weighted by molar-refractivity contribution is 0.306. The van der Waals surface area contributed by atoms with Crippen LogP contribution in [0, 0.1) is 5.82 Å². The highest BCUT2D eigenvalue weighted by atomic mass is 35.5. The Morgan fingerprint density at radius 2 is 1.66 bits per heavy atom. The second-order valence-corrected chi connectivity index (χ2v) is 12.3. The standard InChI is InChI=1S/C34H32FN5O2S.ClH/c35-30-7-5-29(6-8-30)34-33(28-11-17-36-18-12-28)32(24-38-34)27-14-20-40(21-15-27)19-13-25-3-9-31(10-4-25)43(41,42)39-23-26-2-1-16-37-22-26;/h1-12,14,16-18,22,24,38-39H,13,15,19-21,23H2;1H. The molecule has 0 aliphatic carbocycles. The summed E-state index contributed by atoms with van der Waals surface area (Å²) in [4.78, 5) is 14.3. The molecule has 6 rings (SSSR count). The molecule has 0 amide bonds. The van der Waals surface area contributed by atoms with Crippen LogP contribution >= 0.6 is 12.4 Å². The molecule has 0 atom stereocenters. The van der Waals surface area contributed by atoms with E-state index in [0.717, 1.165) is 71.6 Å². The molecular formula is C34H33ClFN5O2S. The third-order valence-corrected chi connectivity index (χ3v) is 9.18. The minimum absolute atomic E-state index is 0. The molecule has 3 aromatic heterocycles. The molecule has 2 aromatic carbocycles. The molecule has 0 bridgehead atoms. The molecule has 10 heteroatoms. The number of nitrogens with one attached hydrogen (secondary N) is 2. The average Bonchev–Trinajstić information content (AvgIpc) is 3.50. The average molecular weight is 630 g/mol. The van der Waals surface area contributed by atoms with Gasteiger partial charge >= 0.3 is 0 Å². The van der Waals surface area contributed by atoms with Gasteiger partial charge in [-0.1, -0.05) is 24.3 Å². The minimum Gasteiger partial charge on any atom is -0.360 e. The van der Waals surface area contributed by atoms with Crippen molar-refractivity contribution in [2.24, 2.45) is 0 Å². The van der Waals surface area contributed by atoms with E-state index in [0.29, 0.717) is 0 Å². The van der Waals surface area contributed by atoms with Crippen molar-refractivity contribution < 1.29 is 12.8 Å². The molecular weight excluding hydrogens is 597 g/mol. The zero-order chi connectivity index (χ0) is 29.6. The molecule has 226 valence electrons. The van der Waals surface area contributed by atoms with Gasteiger partial charge in [-0.15, -0.1) is 12.4 Å². The van der Waals surface area contributed by atoms with Crippen LogP contribution in [0.3, 0.4) is 0 Å². The van der Waals surface area contributed by atoms with E-state index >= 15 is 0 Å². The van der Waals surface area contributed by atoms with Crippen LogP contribution in [0.15, 0.2) is 115 Å². The van der Waals surface area contributed by atoms with Crippen molar-refractivity contribution in [3.8, 4) is 22.4 Å². The lowest BCUT2D eigenvalue weighted by Crippen LogP contribution is -2.30. The van der Waals surface area contributed by atoms with E-state index in [-0.39, 0.29) is 29.7 Å². The Balaban J connectivity index is 0.00000384. The van der Waals surface area contributed by atoms with Gasteiger partial charge in [-0.25, -0.2) is 17.5 Å². The number of nitrogens with zero attached hydrogens (tertiary/aromatic N) is 3. The highest BCUT2D eigenvalue weighted by molar-refractivity contribution is 7.89. The van der Waals surface area contributed by atoms with Crippen molar-refractivity contribution in [3.63, 3.8) is 0 Å². The molecule has 5 aromatic rings. The molecule has 0 fully saturated rings. The second kappa shape index (κ2) is 14.1. The Labute approximate surface area is 263 Å². The first-order valence-electron chi connectivity index (χ1n) is 14.2. The van der Waals surface area contributed by atoms with Crippen molar-refractivity contribution in [1.29, 1.82) is 0 Å². The first-order chi connectivity index (χ1) is 21.0. The lowest BCUT2D eigenvalue weighted by Gasteiger charge is -2.26. The van der Waals surface area contributed by atoms with E-state index in [9.17, 15) is 12.8 Å². The number of sulfonamides is 1. The smallest absolute Gasteiger partial charge is 0.240 e. The van der Waals surface area contributed by atoms with Gasteiger partial charge in [-0.05, 0) is 95.3 Å². The first-order valence-corrected chi connectivity index (χ1v) is 15.7. The van der Waals surface area contributed by atoms with Gasteiger partial charge in [0.15, 0.2) is 0 Å². The number of hydrogen-bond acceptors (Lipinski definition) is 5. The number of aromatic nitrogens is 3. The van der Waals surface area contributed by atoms with Crippen molar-refractivity contribution in [1.82, 2.24) is 24.6 Å². The normalized spacial score (nSPS) is 13.7. The Morgan fingerprint density at radius 1 is 0.886 bits per heavy atom. The maximum absolute atomic E-state index is 13.6. The molecule has 1 aliphatic rings. The fourth-order valence-corrected chi connectivity index (χ4v) is 6.40. The van der Waals surface area contributed by atoms with Crippen LogP contribution in [0.2, 0.25) is 0 Å². The Morgan fingerprint density at radius 3 is 2.34 bits per heavy atom. The van der Waals surface area contributed by atoms with Gasteiger partial charge in [0.1, 0.15) is 5.82 Å². The topological polar surface area (TPSA) is 91.0 Å². The summed E-state index contributed by atoms with van der Waals surface area (Å²) in [6.07, 6.45) is 13.0. The zero-order valence-corrected chi connectivity index (χ0v) is 25.6. The van der Waals surface area contributed by atoms with Crippen LogP contribution in [-0.2, 0) is 23.0 Å². The molecule has 0 spiro atoms. The number of halogens is 2. The van der Waals surface area contributed by atoms with Crippen molar-refractivity contribution in [2.45, 2.75) is 24.3 Å². The van der Waals surface area contributed by atoms with Crippen LogP contribution in [0.25, 0.3) is 28.0 Å². The van der Waals surface area contributed by atoms with Crippen LogP contribution < -0.4 is 4.72 Å². The highest BCUT2D eigenvalue weighted by Crippen LogP contribution is 2.39. The Kier molecular flexibility index (Phi) is 10.0. The summed E-state index contributed by atoms with van der Waals surface area (Å²) in [5.74, 6) is -0.258. The minimum atomic E-state index is -3.60. The summed E-state index contributed by atoms with van der Waals surface area (Å²) in [5, 5.41) is 0. The number of rotatable bonds is 10. The van der Waals surface area contributed by atoms with E-state index in [1.807, 2.05) is 30.3 Å². The summed E-state index contributed by atoms with van der Waals surface area (Å²) in [6.45, 7) is 2.82. The monoisotopic (exact) mass is 629 g/mol. The fourth-order valence-electron chi connectivity index (χ4n) is 5.39. The van der Waals surface area contributed by atoms with Gasteiger partial charge in [0.25, 0.3) is 0 Å². The molecule has 1 aliphatic heterocycles. The molecule has 0 saturated heterocycles. The van der Waals surface area contributed by atoms with Gasteiger partial charge in [0.05, 0.1) is 10.6 Å².